The number of carbonyl (C=O) groups excluding carboxylic acids is 1. The van der Waals surface area contributed by atoms with Crippen LogP contribution in [0.25, 0.3) is 21.4 Å². The molecular formula is C19H17F2N7OS. The Morgan fingerprint density at radius 2 is 1.97 bits per heavy atom. The molecule has 1 fully saturated rings. The summed E-state index contributed by atoms with van der Waals surface area (Å²) in [6, 6.07) is 4.40. The summed E-state index contributed by atoms with van der Waals surface area (Å²) in [6.07, 6.45) is 3.49. The van der Waals surface area contributed by atoms with Crippen LogP contribution in [0.4, 0.5) is 19.7 Å². The fourth-order valence-electron chi connectivity index (χ4n) is 3.95. The van der Waals surface area contributed by atoms with Gasteiger partial charge in [0.1, 0.15) is 11.3 Å². The lowest BCUT2D eigenvalue weighted by molar-refractivity contribution is -0.120. The summed E-state index contributed by atoms with van der Waals surface area (Å²) >= 11 is 1.25. The number of amides is 1. The van der Waals surface area contributed by atoms with Gasteiger partial charge in [-0.15, -0.1) is 0 Å². The fraction of sp³-hybridized carbons (Fsp3) is 0.316. The molecule has 1 aromatic carbocycles. The number of nitrogens with zero attached hydrogens (tertiary/aromatic N) is 5. The highest BCUT2D eigenvalue weighted by molar-refractivity contribution is 7.22. The number of imidazole rings is 1. The van der Waals surface area contributed by atoms with E-state index < -0.39 is 6.08 Å². The smallest absolute Gasteiger partial charge is 0.312 e. The van der Waals surface area contributed by atoms with Gasteiger partial charge in [0.2, 0.25) is 5.91 Å². The van der Waals surface area contributed by atoms with Crippen molar-refractivity contribution >= 4 is 49.6 Å². The van der Waals surface area contributed by atoms with Gasteiger partial charge in [-0.25, -0.2) is 14.4 Å². The third-order valence-corrected chi connectivity index (χ3v) is 6.40. The molecule has 154 valence electrons. The van der Waals surface area contributed by atoms with Gasteiger partial charge >= 0.3 is 6.08 Å². The minimum Gasteiger partial charge on any atom is -0.382 e. The number of benzene rings is 1. The molecule has 11 heteroatoms. The van der Waals surface area contributed by atoms with Crippen LogP contribution >= 0.6 is 11.3 Å². The molecule has 1 aliphatic rings. The summed E-state index contributed by atoms with van der Waals surface area (Å²) in [4.78, 5) is 28.6. The molecule has 8 nitrogen and oxygen atoms in total. The molecule has 3 N–H and O–H groups in total. The molecule has 4 aromatic rings. The first-order chi connectivity index (χ1) is 14.5. The summed E-state index contributed by atoms with van der Waals surface area (Å²) in [5.41, 5.74) is 7.13. The van der Waals surface area contributed by atoms with E-state index in [0.717, 1.165) is 12.8 Å². The highest BCUT2D eigenvalue weighted by Gasteiger charge is 2.29. The molecule has 0 radical (unpaired) electrons. The first kappa shape index (κ1) is 18.8. The second-order valence-corrected chi connectivity index (χ2v) is 8.36. The number of rotatable bonds is 3. The third-order valence-electron chi connectivity index (χ3n) is 5.46. The average molecular weight is 429 g/mol. The lowest BCUT2D eigenvalue weighted by Gasteiger charge is -2.28. The predicted octanol–water partition coefficient (Wildman–Crippen LogP) is 3.67. The average Bonchev–Trinajstić information content (AvgIpc) is 3.31. The van der Waals surface area contributed by atoms with Crippen molar-refractivity contribution < 1.29 is 13.6 Å². The van der Waals surface area contributed by atoms with Crippen LogP contribution in [0, 0.1) is 17.8 Å². The number of nitrogen functional groups attached to an aromatic ring is 1. The van der Waals surface area contributed by atoms with Crippen LogP contribution in [0.5, 0.6) is 0 Å². The molecule has 0 spiro atoms. The van der Waals surface area contributed by atoms with Crippen molar-refractivity contribution in [1.82, 2.24) is 24.5 Å². The summed E-state index contributed by atoms with van der Waals surface area (Å²) in [5, 5.41) is 3.32. The Hall–Kier alpha value is -3.21. The largest absolute Gasteiger partial charge is 0.382 e. The van der Waals surface area contributed by atoms with Gasteiger partial charge in [-0.2, -0.15) is 14.4 Å². The standard InChI is InChI=1S/C19H17F2N7OS/c20-10-3-6-12-13(7-10)30-19(24-12)27-17(29)9-1-4-11(5-2-9)28-8-23-14-15(22)25-18(21)26-16(14)28/h3,6-9,11H,1-2,4-5H2,(H2,22,25,26)(H,24,27,29)/t9-,11+. The van der Waals surface area contributed by atoms with Gasteiger partial charge in [-0.1, -0.05) is 11.3 Å². The van der Waals surface area contributed by atoms with Gasteiger partial charge in [-0.3, -0.25) is 4.79 Å². The van der Waals surface area contributed by atoms with Crippen molar-refractivity contribution in [3.63, 3.8) is 0 Å². The van der Waals surface area contributed by atoms with Crippen molar-refractivity contribution in [3.8, 4) is 0 Å². The maximum Gasteiger partial charge on any atom is 0.312 e. The van der Waals surface area contributed by atoms with Gasteiger partial charge in [0.25, 0.3) is 0 Å². The lowest BCUT2D eigenvalue weighted by atomic mass is 9.85. The highest BCUT2D eigenvalue weighted by Crippen LogP contribution is 2.35. The second kappa shape index (κ2) is 7.24. The minimum absolute atomic E-state index is 0.0139. The van der Waals surface area contributed by atoms with Crippen LogP contribution in [0.3, 0.4) is 0 Å². The van der Waals surface area contributed by atoms with Crippen LogP contribution in [-0.4, -0.2) is 30.4 Å². The number of hydrogen-bond acceptors (Lipinski definition) is 7. The second-order valence-electron chi connectivity index (χ2n) is 7.33. The summed E-state index contributed by atoms with van der Waals surface area (Å²) < 4.78 is 29.4. The Morgan fingerprint density at radius 1 is 1.17 bits per heavy atom. The van der Waals surface area contributed by atoms with Crippen molar-refractivity contribution in [2.24, 2.45) is 5.92 Å². The zero-order valence-electron chi connectivity index (χ0n) is 15.7. The lowest BCUT2D eigenvalue weighted by Crippen LogP contribution is -2.28. The van der Waals surface area contributed by atoms with Crippen molar-refractivity contribution in [3.05, 3.63) is 36.4 Å². The summed E-state index contributed by atoms with van der Waals surface area (Å²) in [6.45, 7) is 0. The molecule has 0 atom stereocenters. The zero-order valence-corrected chi connectivity index (χ0v) is 16.5. The number of halogens is 2. The molecular weight excluding hydrogens is 412 g/mol. The van der Waals surface area contributed by atoms with Crippen LogP contribution in [0.1, 0.15) is 31.7 Å². The maximum atomic E-state index is 13.6. The number of thiazole rings is 1. The predicted molar refractivity (Wildman–Crippen MR) is 109 cm³/mol. The molecule has 0 bridgehead atoms. The Balaban J connectivity index is 1.27. The van der Waals surface area contributed by atoms with E-state index in [1.165, 1.54) is 23.5 Å². The molecule has 5 rings (SSSR count). The van der Waals surface area contributed by atoms with E-state index in [4.69, 9.17) is 5.73 Å². The van der Waals surface area contributed by atoms with E-state index in [-0.39, 0.29) is 29.5 Å². The number of carbonyl (C=O) groups is 1. The molecule has 30 heavy (non-hydrogen) atoms. The summed E-state index contributed by atoms with van der Waals surface area (Å²) in [7, 11) is 0. The monoisotopic (exact) mass is 429 g/mol. The normalized spacial score (nSPS) is 19.4. The van der Waals surface area contributed by atoms with E-state index in [9.17, 15) is 13.6 Å². The molecule has 1 aliphatic carbocycles. The number of nitrogens with two attached hydrogens (primary N) is 1. The Labute approximate surface area is 173 Å². The van der Waals surface area contributed by atoms with E-state index in [1.54, 1.807) is 12.4 Å². The van der Waals surface area contributed by atoms with Crippen LogP contribution < -0.4 is 11.1 Å². The van der Waals surface area contributed by atoms with Crippen molar-refractivity contribution in [2.75, 3.05) is 11.1 Å². The van der Waals surface area contributed by atoms with Gasteiger partial charge in [0.05, 0.1) is 16.5 Å². The van der Waals surface area contributed by atoms with Crippen molar-refractivity contribution in [1.29, 1.82) is 0 Å². The quantitative estimate of drug-likeness (QED) is 0.481. The van der Waals surface area contributed by atoms with Crippen molar-refractivity contribution in [2.45, 2.75) is 31.7 Å². The SMILES string of the molecule is Nc1nc(F)nc2c1ncn2[C@H]1CC[C@@H](C(=O)Nc2nc3ccc(F)cc3s2)CC1. The van der Waals surface area contributed by atoms with E-state index in [2.05, 4.69) is 25.3 Å². The third kappa shape index (κ3) is 3.34. The first-order valence-electron chi connectivity index (χ1n) is 9.50. The van der Waals surface area contributed by atoms with E-state index in [1.807, 2.05) is 4.57 Å². The van der Waals surface area contributed by atoms with Gasteiger partial charge in [-0.05, 0) is 43.9 Å². The number of anilines is 2. The first-order valence-corrected chi connectivity index (χ1v) is 10.3. The molecule has 0 saturated heterocycles. The highest BCUT2D eigenvalue weighted by atomic mass is 32.1. The Kier molecular flexibility index (Phi) is 4.54. The molecule has 0 unspecified atom stereocenters. The number of aromatic nitrogens is 5. The topological polar surface area (TPSA) is 112 Å². The van der Waals surface area contributed by atoms with E-state index >= 15 is 0 Å². The number of fused-ring (bicyclic) bond motifs is 2. The van der Waals surface area contributed by atoms with Crippen LogP contribution in [0.15, 0.2) is 24.5 Å². The number of nitrogens with one attached hydrogen (secondary N) is 1. The van der Waals surface area contributed by atoms with Crippen LogP contribution in [0.2, 0.25) is 0 Å². The molecule has 0 aliphatic heterocycles. The van der Waals surface area contributed by atoms with E-state index in [0.29, 0.717) is 39.4 Å². The molecule has 1 amide bonds. The van der Waals surface area contributed by atoms with Gasteiger partial charge in [0.15, 0.2) is 16.6 Å². The zero-order chi connectivity index (χ0) is 20.8. The Bertz CT molecular complexity index is 1260. The van der Waals surface area contributed by atoms with Gasteiger partial charge < -0.3 is 15.6 Å². The number of hydrogen-bond donors (Lipinski definition) is 2. The molecule has 3 aromatic heterocycles. The molecule has 1 saturated carbocycles. The Morgan fingerprint density at radius 3 is 2.77 bits per heavy atom. The molecule has 3 heterocycles. The van der Waals surface area contributed by atoms with Crippen LogP contribution in [-0.2, 0) is 4.79 Å². The maximum absolute atomic E-state index is 13.6. The fourth-order valence-corrected chi connectivity index (χ4v) is 4.85. The summed E-state index contributed by atoms with van der Waals surface area (Å²) in [5.74, 6) is -0.571. The minimum atomic E-state index is -0.884. The van der Waals surface area contributed by atoms with Gasteiger partial charge in [0, 0.05) is 12.0 Å².